The molecule has 1 aromatic rings. The Morgan fingerprint density at radius 2 is 2.00 bits per heavy atom. The highest BCUT2D eigenvalue weighted by Crippen LogP contribution is 2.21. The minimum atomic E-state index is -0.134. The molecule has 3 heteroatoms. The van der Waals surface area contributed by atoms with Gasteiger partial charge in [0.25, 0.3) is 0 Å². The maximum Gasteiger partial charge on any atom is 0.170 e. The Bertz CT molecular complexity index is 408. The maximum absolute atomic E-state index is 11.7. The first-order valence-electron chi connectivity index (χ1n) is 5.28. The van der Waals surface area contributed by atoms with Crippen LogP contribution in [0, 0.1) is 0 Å². The van der Waals surface area contributed by atoms with Crippen molar-refractivity contribution in [2.75, 3.05) is 7.11 Å². The lowest BCUT2D eigenvalue weighted by Gasteiger charge is -2.08. The number of methoxy groups -OCH3 is 1. The Morgan fingerprint density at radius 3 is 2.50 bits per heavy atom. The van der Waals surface area contributed by atoms with Gasteiger partial charge in [-0.2, -0.15) is 0 Å². The fourth-order valence-corrected chi connectivity index (χ4v) is 1.56. The van der Waals surface area contributed by atoms with E-state index < -0.39 is 0 Å². The number of benzene rings is 1. The number of ketones is 2. The first-order valence-corrected chi connectivity index (χ1v) is 5.28. The summed E-state index contributed by atoms with van der Waals surface area (Å²) in [6.07, 6.45) is 0.764. The minimum absolute atomic E-state index is 0.0323. The molecular formula is C13H16O3. The van der Waals surface area contributed by atoms with Gasteiger partial charge in [0.1, 0.15) is 11.5 Å². The van der Waals surface area contributed by atoms with Gasteiger partial charge in [0.05, 0.1) is 13.5 Å². The van der Waals surface area contributed by atoms with Crippen LogP contribution in [0.1, 0.15) is 36.2 Å². The number of carbonyl (C=O) groups excluding carboxylic acids is 2. The lowest BCUT2D eigenvalue weighted by molar-refractivity contribution is -0.116. The van der Waals surface area contributed by atoms with Crippen molar-refractivity contribution in [3.63, 3.8) is 0 Å². The van der Waals surface area contributed by atoms with Crippen molar-refractivity contribution in [2.24, 2.45) is 0 Å². The van der Waals surface area contributed by atoms with E-state index in [4.69, 9.17) is 4.74 Å². The van der Waals surface area contributed by atoms with Gasteiger partial charge in [-0.05, 0) is 37.1 Å². The second kappa shape index (κ2) is 5.45. The van der Waals surface area contributed by atoms with Crippen LogP contribution in [0.5, 0.6) is 5.75 Å². The molecule has 0 fully saturated rings. The summed E-state index contributed by atoms with van der Waals surface area (Å²) in [6, 6.07) is 5.26. The summed E-state index contributed by atoms with van der Waals surface area (Å²) in [7, 11) is 1.60. The number of Topliss-reactive ketones (excluding diaryl/α,β-unsaturated/α-hetero) is 2. The molecule has 1 rings (SSSR count). The molecule has 0 radical (unpaired) electrons. The number of hydrogen-bond acceptors (Lipinski definition) is 3. The van der Waals surface area contributed by atoms with Crippen molar-refractivity contribution in [3.8, 4) is 5.75 Å². The third-order valence-electron chi connectivity index (χ3n) is 2.39. The molecule has 0 N–H and O–H groups in total. The molecule has 0 saturated heterocycles. The Kier molecular flexibility index (Phi) is 4.23. The predicted molar refractivity (Wildman–Crippen MR) is 62.0 cm³/mol. The highest BCUT2D eigenvalue weighted by Gasteiger charge is 2.11. The molecule has 1 aromatic carbocycles. The molecule has 0 aliphatic rings. The van der Waals surface area contributed by atoms with Crippen LogP contribution in [-0.2, 0) is 11.2 Å². The summed E-state index contributed by atoms with van der Waals surface area (Å²) in [5.74, 6) is 0.533. The van der Waals surface area contributed by atoms with E-state index in [0.29, 0.717) is 5.56 Å². The van der Waals surface area contributed by atoms with E-state index in [2.05, 4.69) is 0 Å². The molecule has 0 aliphatic heterocycles. The van der Waals surface area contributed by atoms with Crippen molar-refractivity contribution < 1.29 is 14.3 Å². The monoisotopic (exact) mass is 220 g/mol. The molecule has 86 valence electrons. The largest absolute Gasteiger partial charge is 0.496 e. The van der Waals surface area contributed by atoms with E-state index in [-0.39, 0.29) is 18.0 Å². The van der Waals surface area contributed by atoms with Crippen LogP contribution in [0.25, 0.3) is 0 Å². The van der Waals surface area contributed by atoms with Gasteiger partial charge in [-0.3, -0.25) is 9.59 Å². The summed E-state index contributed by atoms with van der Waals surface area (Å²) in [6.45, 7) is 3.42. The third-order valence-corrected chi connectivity index (χ3v) is 2.39. The van der Waals surface area contributed by atoms with E-state index in [0.717, 1.165) is 17.7 Å². The van der Waals surface area contributed by atoms with Crippen LogP contribution >= 0.6 is 0 Å². The quantitative estimate of drug-likeness (QED) is 0.565. The number of hydrogen-bond donors (Lipinski definition) is 0. The van der Waals surface area contributed by atoms with Crippen molar-refractivity contribution in [3.05, 3.63) is 29.3 Å². The van der Waals surface area contributed by atoms with Crippen LogP contribution in [0.4, 0.5) is 0 Å². The van der Waals surface area contributed by atoms with E-state index in [1.54, 1.807) is 25.3 Å². The highest BCUT2D eigenvalue weighted by molar-refractivity contribution is 6.07. The average Bonchev–Trinajstić information content (AvgIpc) is 2.27. The second-order valence-corrected chi connectivity index (χ2v) is 3.68. The summed E-state index contributed by atoms with van der Waals surface area (Å²) in [5.41, 5.74) is 1.56. The van der Waals surface area contributed by atoms with Gasteiger partial charge in [-0.15, -0.1) is 0 Å². The van der Waals surface area contributed by atoms with E-state index in [1.807, 2.05) is 6.92 Å². The summed E-state index contributed by atoms with van der Waals surface area (Å²) in [4.78, 5) is 22.5. The number of rotatable bonds is 5. The summed E-state index contributed by atoms with van der Waals surface area (Å²) < 4.78 is 5.17. The smallest absolute Gasteiger partial charge is 0.170 e. The Labute approximate surface area is 95.4 Å². The van der Waals surface area contributed by atoms with Gasteiger partial charge in [0.15, 0.2) is 5.78 Å². The van der Waals surface area contributed by atoms with Crippen molar-refractivity contribution in [1.29, 1.82) is 0 Å². The molecule has 0 heterocycles. The third kappa shape index (κ3) is 2.92. The van der Waals surface area contributed by atoms with Crippen molar-refractivity contribution in [1.82, 2.24) is 0 Å². The SMILES string of the molecule is CCc1cc(C(=O)CC(C)=O)ccc1OC. The number of ether oxygens (including phenoxy) is 1. The molecule has 0 spiro atoms. The van der Waals surface area contributed by atoms with Crippen LogP contribution < -0.4 is 4.74 Å². The standard InChI is InChI=1S/C13H16O3/c1-4-10-8-11(5-6-13(10)16-3)12(15)7-9(2)14/h5-6,8H,4,7H2,1-3H3. The summed E-state index contributed by atoms with van der Waals surface area (Å²) >= 11 is 0. The topological polar surface area (TPSA) is 43.4 Å². The first-order chi connectivity index (χ1) is 7.58. The van der Waals surface area contributed by atoms with Crippen LogP contribution in [0.15, 0.2) is 18.2 Å². The molecule has 16 heavy (non-hydrogen) atoms. The summed E-state index contributed by atoms with van der Waals surface area (Å²) in [5, 5.41) is 0. The fourth-order valence-electron chi connectivity index (χ4n) is 1.56. The van der Waals surface area contributed by atoms with E-state index in [1.165, 1.54) is 6.92 Å². The molecule has 0 bridgehead atoms. The van der Waals surface area contributed by atoms with Gasteiger partial charge < -0.3 is 4.74 Å². The van der Waals surface area contributed by atoms with Crippen LogP contribution in [0.3, 0.4) is 0 Å². The van der Waals surface area contributed by atoms with Gasteiger partial charge in [0, 0.05) is 5.56 Å². The average molecular weight is 220 g/mol. The van der Waals surface area contributed by atoms with Gasteiger partial charge in [-0.25, -0.2) is 0 Å². The second-order valence-electron chi connectivity index (χ2n) is 3.68. The fraction of sp³-hybridized carbons (Fsp3) is 0.385. The van der Waals surface area contributed by atoms with Crippen molar-refractivity contribution >= 4 is 11.6 Å². The van der Waals surface area contributed by atoms with E-state index in [9.17, 15) is 9.59 Å². The van der Waals surface area contributed by atoms with Crippen LogP contribution in [0.2, 0.25) is 0 Å². The van der Waals surface area contributed by atoms with Crippen LogP contribution in [-0.4, -0.2) is 18.7 Å². The number of carbonyl (C=O) groups is 2. The molecule has 0 unspecified atom stereocenters. The molecule has 0 aromatic heterocycles. The molecule has 0 aliphatic carbocycles. The van der Waals surface area contributed by atoms with Gasteiger partial charge >= 0.3 is 0 Å². The normalized spacial score (nSPS) is 9.94. The number of aryl methyl sites for hydroxylation is 1. The Balaban J connectivity index is 2.98. The lowest BCUT2D eigenvalue weighted by Crippen LogP contribution is -2.05. The van der Waals surface area contributed by atoms with Crippen molar-refractivity contribution in [2.45, 2.75) is 26.7 Å². The zero-order chi connectivity index (χ0) is 12.1. The Hall–Kier alpha value is -1.64. The Morgan fingerprint density at radius 1 is 1.31 bits per heavy atom. The zero-order valence-electron chi connectivity index (χ0n) is 9.87. The maximum atomic E-state index is 11.7. The molecule has 0 amide bonds. The van der Waals surface area contributed by atoms with Gasteiger partial charge in [0.2, 0.25) is 0 Å². The highest BCUT2D eigenvalue weighted by atomic mass is 16.5. The molecule has 0 atom stereocenters. The minimum Gasteiger partial charge on any atom is -0.496 e. The molecular weight excluding hydrogens is 204 g/mol. The van der Waals surface area contributed by atoms with Gasteiger partial charge in [-0.1, -0.05) is 6.92 Å². The lowest BCUT2D eigenvalue weighted by atomic mass is 10.0. The molecule has 0 saturated carbocycles. The van der Waals surface area contributed by atoms with E-state index >= 15 is 0 Å². The predicted octanol–water partition coefficient (Wildman–Crippen LogP) is 2.42. The first kappa shape index (κ1) is 12.4. The zero-order valence-corrected chi connectivity index (χ0v) is 9.87. The molecule has 3 nitrogen and oxygen atoms in total.